The van der Waals surface area contributed by atoms with Crippen molar-refractivity contribution >= 4 is 11.8 Å². The Hall–Kier alpha value is -2.63. The van der Waals surface area contributed by atoms with Gasteiger partial charge in [-0.15, -0.1) is 0 Å². The lowest BCUT2D eigenvalue weighted by atomic mass is 10.2. The summed E-state index contributed by atoms with van der Waals surface area (Å²) in [5.41, 5.74) is 1.72. The number of furan rings is 1. The van der Waals surface area contributed by atoms with Crippen LogP contribution in [0, 0.1) is 6.92 Å². The van der Waals surface area contributed by atoms with Gasteiger partial charge in [0, 0.05) is 37.0 Å². The number of aromatic nitrogens is 1. The summed E-state index contributed by atoms with van der Waals surface area (Å²) in [5.74, 6) is -0.574. The zero-order chi connectivity index (χ0) is 15.1. The number of rotatable bonds is 5. The molecule has 0 unspecified atom stereocenters. The van der Waals surface area contributed by atoms with Crippen LogP contribution in [0.2, 0.25) is 0 Å². The number of hydrogen-bond acceptors (Lipinski definition) is 4. The summed E-state index contributed by atoms with van der Waals surface area (Å²) in [7, 11) is 0. The average Bonchev–Trinajstić information content (AvgIpc) is 2.91. The molecule has 0 aromatic carbocycles. The fourth-order valence-corrected chi connectivity index (χ4v) is 1.78. The summed E-state index contributed by atoms with van der Waals surface area (Å²) in [4.78, 5) is 27.4. The summed E-state index contributed by atoms with van der Waals surface area (Å²) in [5, 5.41) is 5.11. The number of carbonyl (C=O) groups is 2. The largest absolute Gasteiger partial charge is 0.469 e. The van der Waals surface area contributed by atoms with Crippen LogP contribution in [0.1, 0.15) is 17.0 Å². The molecule has 0 spiro atoms. The molecule has 0 radical (unpaired) electrons. The van der Waals surface area contributed by atoms with Gasteiger partial charge in [0.05, 0.1) is 6.26 Å². The van der Waals surface area contributed by atoms with Crippen molar-refractivity contribution < 1.29 is 14.0 Å². The van der Waals surface area contributed by atoms with Crippen molar-refractivity contribution in [3.8, 4) is 0 Å². The second kappa shape index (κ2) is 7.23. The second-order valence-corrected chi connectivity index (χ2v) is 4.51. The van der Waals surface area contributed by atoms with Crippen molar-refractivity contribution in [2.24, 2.45) is 0 Å². The van der Waals surface area contributed by atoms with Crippen molar-refractivity contribution in [3.63, 3.8) is 0 Å². The summed E-state index contributed by atoms with van der Waals surface area (Å²) >= 11 is 0. The first-order chi connectivity index (χ1) is 10.2. The number of aryl methyl sites for hydroxylation is 1. The Morgan fingerprint density at radius 1 is 1.19 bits per heavy atom. The molecule has 0 aliphatic carbocycles. The molecule has 0 atom stereocenters. The summed E-state index contributed by atoms with van der Waals surface area (Å²) < 4.78 is 5.11. The van der Waals surface area contributed by atoms with Crippen LogP contribution in [0.5, 0.6) is 0 Å². The normalized spacial score (nSPS) is 10.1. The maximum absolute atomic E-state index is 11.6. The van der Waals surface area contributed by atoms with Crippen molar-refractivity contribution in [2.45, 2.75) is 19.9 Å². The van der Waals surface area contributed by atoms with Gasteiger partial charge in [-0.1, -0.05) is 6.07 Å². The Bertz CT molecular complexity index is 608. The van der Waals surface area contributed by atoms with Gasteiger partial charge in [0.1, 0.15) is 5.76 Å². The van der Waals surface area contributed by atoms with E-state index in [2.05, 4.69) is 15.6 Å². The lowest BCUT2D eigenvalue weighted by molar-refractivity contribution is -0.139. The molecular formula is C15H17N3O3. The monoisotopic (exact) mass is 287 g/mol. The van der Waals surface area contributed by atoms with Gasteiger partial charge in [0.25, 0.3) is 0 Å². The average molecular weight is 287 g/mol. The first-order valence-corrected chi connectivity index (χ1v) is 6.65. The summed E-state index contributed by atoms with van der Waals surface area (Å²) in [6.07, 6.45) is 3.82. The van der Waals surface area contributed by atoms with E-state index in [1.807, 2.05) is 18.2 Å². The van der Waals surface area contributed by atoms with Crippen LogP contribution in [0.4, 0.5) is 0 Å². The number of hydrogen-bond donors (Lipinski definition) is 2. The minimum absolute atomic E-state index is 0.273. The van der Waals surface area contributed by atoms with Crippen LogP contribution in [-0.4, -0.2) is 23.3 Å². The molecule has 2 N–H and O–H groups in total. The highest BCUT2D eigenvalue weighted by atomic mass is 16.3. The minimum atomic E-state index is -0.656. The second-order valence-electron chi connectivity index (χ2n) is 4.51. The molecule has 2 rings (SSSR count). The molecular weight excluding hydrogens is 270 g/mol. The molecule has 2 amide bonds. The zero-order valence-corrected chi connectivity index (χ0v) is 11.8. The van der Waals surface area contributed by atoms with E-state index in [-0.39, 0.29) is 6.54 Å². The molecule has 2 heterocycles. The molecule has 21 heavy (non-hydrogen) atoms. The molecule has 0 aliphatic heterocycles. The van der Waals surface area contributed by atoms with Gasteiger partial charge < -0.3 is 15.1 Å². The summed E-state index contributed by atoms with van der Waals surface area (Å²) in [6.45, 7) is 2.44. The number of amides is 2. The summed E-state index contributed by atoms with van der Waals surface area (Å²) in [6, 6.07) is 7.33. The van der Waals surface area contributed by atoms with Gasteiger partial charge in [0.2, 0.25) is 0 Å². The lowest BCUT2D eigenvalue weighted by Crippen LogP contribution is -2.40. The van der Waals surface area contributed by atoms with E-state index in [0.29, 0.717) is 13.0 Å². The molecule has 0 saturated carbocycles. The number of pyridine rings is 1. The molecule has 2 aromatic rings. The predicted molar refractivity (Wildman–Crippen MR) is 76.2 cm³/mol. The quantitative estimate of drug-likeness (QED) is 0.802. The highest BCUT2D eigenvalue weighted by molar-refractivity contribution is 6.35. The molecule has 6 heteroatoms. The van der Waals surface area contributed by atoms with E-state index < -0.39 is 11.8 Å². The van der Waals surface area contributed by atoms with Gasteiger partial charge in [-0.25, -0.2) is 0 Å². The van der Waals surface area contributed by atoms with Crippen molar-refractivity contribution in [1.29, 1.82) is 0 Å². The predicted octanol–water partition coefficient (Wildman–Crippen LogP) is 0.958. The van der Waals surface area contributed by atoms with Crippen LogP contribution >= 0.6 is 0 Å². The van der Waals surface area contributed by atoms with E-state index in [9.17, 15) is 9.59 Å². The van der Waals surface area contributed by atoms with Crippen molar-refractivity contribution in [3.05, 3.63) is 53.7 Å². The van der Waals surface area contributed by atoms with E-state index in [4.69, 9.17) is 4.42 Å². The smallest absolute Gasteiger partial charge is 0.309 e. The molecule has 0 fully saturated rings. The fourth-order valence-electron chi connectivity index (χ4n) is 1.78. The van der Waals surface area contributed by atoms with E-state index in [1.54, 1.807) is 25.5 Å². The van der Waals surface area contributed by atoms with Gasteiger partial charge in [-0.3, -0.25) is 14.6 Å². The Balaban J connectivity index is 1.70. The van der Waals surface area contributed by atoms with Crippen LogP contribution in [0.15, 0.2) is 41.1 Å². The minimum Gasteiger partial charge on any atom is -0.469 e. The van der Waals surface area contributed by atoms with Crippen molar-refractivity contribution in [1.82, 2.24) is 15.6 Å². The van der Waals surface area contributed by atoms with Gasteiger partial charge >= 0.3 is 11.8 Å². The molecule has 2 aromatic heterocycles. The maximum Gasteiger partial charge on any atom is 0.309 e. The Morgan fingerprint density at radius 3 is 2.67 bits per heavy atom. The maximum atomic E-state index is 11.6. The lowest BCUT2D eigenvalue weighted by Gasteiger charge is -2.06. The third-order valence-corrected chi connectivity index (χ3v) is 3.00. The van der Waals surface area contributed by atoms with Crippen LogP contribution in [0.3, 0.4) is 0 Å². The van der Waals surface area contributed by atoms with Crippen LogP contribution in [-0.2, 0) is 22.6 Å². The molecule has 0 aliphatic rings. The number of carbonyl (C=O) groups excluding carboxylic acids is 2. The Kier molecular flexibility index (Phi) is 5.09. The molecule has 6 nitrogen and oxygen atoms in total. The van der Waals surface area contributed by atoms with Crippen LogP contribution in [0.25, 0.3) is 0 Å². The SMILES string of the molecule is Cc1occc1CNC(=O)C(=O)NCCc1ccccn1. The molecule has 0 bridgehead atoms. The van der Waals surface area contributed by atoms with E-state index in [1.165, 1.54) is 0 Å². The number of nitrogens with one attached hydrogen (secondary N) is 2. The van der Waals surface area contributed by atoms with E-state index >= 15 is 0 Å². The van der Waals surface area contributed by atoms with Gasteiger partial charge in [0.15, 0.2) is 0 Å². The highest BCUT2D eigenvalue weighted by Crippen LogP contribution is 2.07. The fraction of sp³-hybridized carbons (Fsp3) is 0.267. The topological polar surface area (TPSA) is 84.2 Å². The Labute approximate surface area is 122 Å². The highest BCUT2D eigenvalue weighted by Gasteiger charge is 2.13. The third-order valence-electron chi connectivity index (χ3n) is 3.00. The number of nitrogens with zero attached hydrogens (tertiary/aromatic N) is 1. The first-order valence-electron chi connectivity index (χ1n) is 6.65. The molecule has 0 saturated heterocycles. The van der Waals surface area contributed by atoms with Crippen molar-refractivity contribution in [2.75, 3.05) is 6.54 Å². The molecule has 110 valence electrons. The van der Waals surface area contributed by atoms with Crippen LogP contribution < -0.4 is 10.6 Å². The first kappa shape index (κ1) is 14.8. The van der Waals surface area contributed by atoms with Gasteiger partial charge in [-0.2, -0.15) is 0 Å². The zero-order valence-electron chi connectivity index (χ0n) is 11.8. The third kappa shape index (κ3) is 4.45. The standard InChI is InChI=1S/C15H17N3O3/c1-11-12(6-9-21-11)10-18-15(20)14(19)17-8-5-13-4-2-3-7-16-13/h2-4,6-7,9H,5,8,10H2,1H3,(H,17,19)(H,18,20). The van der Waals surface area contributed by atoms with E-state index in [0.717, 1.165) is 17.0 Å². The van der Waals surface area contributed by atoms with Gasteiger partial charge in [-0.05, 0) is 25.1 Å². The Morgan fingerprint density at radius 2 is 2.00 bits per heavy atom.